The molecule has 4 aromatic rings. The third-order valence-electron chi connectivity index (χ3n) is 6.30. The van der Waals surface area contributed by atoms with E-state index in [0.29, 0.717) is 10.4 Å². The highest BCUT2D eigenvalue weighted by molar-refractivity contribution is 7.20. The first-order valence-corrected chi connectivity index (χ1v) is 14.1. The fourth-order valence-electron chi connectivity index (χ4n) is 4.31. The minimum absolute atomic E-state index is 0.000470. The average Bonchev–Trinajstić information content (AvgIpc) is 3.34. The zero-order valence-corrected chi connectivity index (χ0v) is 25.4. The molecule has 45 heavy (non-hydrogen) atoms. The second kappa shape index (κ2) is 13.7. The zero-order valence-electron chi connectivity index (χ0n) is 24.6. The van der Waals surface area contributed by atoms with Crippen molar-refractivity contribution in [3.05, 3.63) is 98.2 Å². The van der Waals surface area contributed by atoms with Crippen LogP contribution >= 0.6 is 11.3 Å². The molecule has 236 valence electrons. The van der Waals surface area contributed by atoms with Gasteiger partial charge in [0.05, 0.1) is 44.8 Å². The summed E-state index contributed by atoms with van der Waals surface area (Å²) in [5, 5.41) is 34.6. The maximum Gasteiger partial charge on any atom is 0.415 e. The molecule has 2 aromatic carbocycles. The fourth-order valence-corrected chi connectivity index (χ4v) is 5.62. The predicted octanol–water partition coefficient (Wildman–Crippen LogP) is 5.89. The van der Waals surface area contributed by atoms with Gasteiger partial charge in [-0.3, -0.25) is 19.8 Å². The summed E-state index contributed by atoms with van der Waals surface area (Å²) >= 11 is 0.877. The lowest BCUT2D eigenvalue weighted by Gasteiger charge is -2.34. The molecule has 0 spiro atoms. The Balaban J connectivity index is 1.98. The van der Waals surface area contributed by atoms with Gasteiger partial charge >= 0.3 is 6.09 Å². The second-order valence-electron chi connectivity index (χ2n) is 10.0. The van der Waals surface area contributed by atoms with E-state index in [1.54, 1.807) is 0 Å². The molecule has 0 aliphatic heterocycles. The van der Waals surface area contributed by atoms with Crippen LogP contribution in [-0.2, 0) is 17.8 Å². The summed E-state index contributed by atoms with van der Waals surface area (Å²) in [5.74, 6) is -2.52. The van der Waals surface area contributed by atoms with Crippen LogP contribution in [0.4, 0.5) is 30.1 Å². The highest BCUT2D eigenvalue weighted by Crippen LogP contribution is 2.45. The molecule has 16 heteroatoms. The first kappa shape index (κ1) is 32.8. The number of nitrogens with one attached hydrogen (secondary N) is 1. The normalized spacial score (nSPS) is 11.2. The van der Waals surface area contributed by atoms with Gasteiger partial charge in [0.2, 0.25) is 5.88 Å². The van der Waals surface area contributed by atoms with Crippen LogP contribution in [0.1, 0.15) is 28.4 Å². The number of carbonyl (C=O) groups is 2. The van der Waals surface area contributed by atoms with Gasteiger partial charge in [0, 0.05) is 34.2 Å². The van der Waals surface area contributed by atoms with E-state index in [4.69, 9.17) is 9.47 Å². The van der Waals surface area contributed by atoms with E-state index in [2.05, 4.69) is 15.5 Å². The number of nitro groups is 1. The summed E-state index contributed by atoms with van der Waals surface area (Å²) in [7, 11) is 4.06. The number of rotatable bonds is 11. The second-order valence-corrected chi connectivity index (χ2v) is 11.0. The van der Waals surface area contributed by atoms with Gasteiger partial charge < -0.3 is 24.6 Å². The molecule has 2 heterocycles. The standard InChI is InChI=1S/C29H28F2N6O7S/c1-5-44-29(39)35(15-19-21(30)7-6-8-22(19)31)28-25(27(38)32-23-13-14-24(43-4)34-33-23)20(16-37(2,3)42)26(45-28)17-9-11-18(12-10-17)36(40)41/h6-14H,5,15-16H2,1-4H3,(H,32,33,38). The molecule has 0 atom stereocenters. The van der Waals surface area contributed by atoms with E-state index in [-0.39, 0.29) is 46.7 Å². The fraction of sp³-hybridized carbons (Fsp3) is 0.241. The van der Waals surface area contributed by atoms with Gasteiger partial charge in [-0.15, -0.1) is 21.5 Å². The lowest BCUT2D eigenvalue weighted by molar-refractivity contribution is -0.853. The Labute approximate surface area is 259 Å². The Morgan fingerprint density at radius 3 is 2.24 bits per heavy atom. The molecule has 0 fully saturated rings. The highest BCUT2D eigenvalue weighted by atomic mass is 32.1. The van der Waals surface area contributed by atoms with Gasteiger partial charge in [0.15, 0.2) is 5.82 Å². The molecule has 0 radical (unpaired) electrons. The van der Waals surface area contributed by atoms with Gasteiger partial charge in [-0.2, -0.15) is 0 Å². The Hall–Kier alpha value is -5.06. The van der Waals surface area contributed by atoms with Crippen LogP contribution in [0.3, 0.4) is 0 Å². The van der Waals surface area contributed by atoms with E-state index < -0.39 is 45.3 Å². The number of non-ortho nitro benzene ring substituents is 1. The summed E-state index contributed by atoms with van der Waals surface area (Å²) in [6.07, 6.45) is -1.02. The summed E-state index contributed by atoms with van der Waals surface area (Å²) in [6.45, 7) is 0.463. The van der Waals surface area contributed by atoms with E-state index in [1.807, 2.05) is 0 Å². The van der Waals surface area contributed by atoms with Crippen LogP contribution < -0.4 is 15.0 Å². The summed E-state index contributed by atoms with van der Waals surface area (Å²) in [4.78, 5) is 39.4. The number of benzene rings is 2. The van der Waals surface area contributed by atoms with Gasteiger partial charge in [0.25, 0.3) is 11.6 Å². The first-order chi connectivity index (χ1) is 21.3. The summed E-state index contributed by atoms with van der Waals surface area (Å²) in [5.41, 5.74) is -0.274. The summed E-state index contributed by atoms with van der Waals surface area (Å²) in [6, 6.07) is 11.5. The van der Waals surface area contributed by atoms with Crippen LogP contribution in [0.5, 0.6) is 5.88 Å². The topological polar surface area (TPSA) is 160 Å². The third kappa shape index (κ3) is 7.72. The Bertz CT molecular complexity index is 1690. The third-order valence-corrected chi connectivity index (χ3v) is 7.60. The zero-order chi connectivity index (χ0) is 32.9. The lowest BCUT2D eigenvalue weighted by atomic mass is 10.0. The van der Waals surface area contributed by atoms with E-state index in [1.165, 1.54) is 70.6 Å². The number of thiophene rings is 1. The number of carbonyl (C=O) groups excluding carboxylic acids is 2. The highest BCUT2D eigenvalue weighted by Gasteiger charge is 2.34. The van der Waals surface area contributed by atoms with Crippen molar-refractivity contribution in [1.29, 1.82) is 0 Å². The molecule has 0 bridgehead atoms. The molecular weight excluding hydrogens is 614 g/mol. The van der Waals surface area contributed by atoms with Gasteiger partial charge in [0.1, 0.15) is 23.2 Å². The quantitative estimate of drug-likeness (QED) is 0.120. The number of halogens is 2. The molecule has 0 saturated carbocycles. The van der Waals surface area contributed by atoms with Crippen molar-refractivity contribution in [2.24, 2.45) is 0 Å². The minimum atomic E-state index is -1.02. The largest absolute Gasteiger partial charge is 0.633 e. The van der Waals surface area contributed by atoms with Gasteiger partial charge in [-0.1, -0.05) is 6.07 Å². The Kier molecular flexibility index (Phi) is 10.0. The molecular formula is C29H28F2N6O7S. The summed E-state index contributed by atoms with van der Waals surface area (Å²) < 4.78 is 39.0. The molecule has 2 aromatic heterocycles. The number of nitrogens with zero attached hydrogens (tertiary/aromatic N) is 5. The number of quaternary nitrogens is 1. The Morgan fingerprint density at radius 2 is 1.71 bits per heavy atom. The van der Waals surface area contributed by atoms with Crippen molar-refractivity contribution in [1.82, 2.24) is 10.2 Å². The monoisotopic (exact) mass is 642 g/mol. The van der Waals surface area contributed by atoms with Crippen molar-refractivity contribution >= 4 is 39.8 Å². The number of hydrogen-bond donors (Lipinski definition) is 1. The van der Waals surface area contributed by atoms with Crippen LogP contribution in [0.25, 0.3) is 10.4 Å². The molecule has 0 aliphatic carbocycles. The van der Waals surface area contributed by atoms with Crippen LogP contribution in [0, 0.1) is 27.0 Å². The van der Waals surface area contributed by atoms with Gasteiger partial charge in [-0.05, 0) is 42.8 Å². The SMILES string of the molecule is CCOC(=O)N(Cc1c(F)cccc1F)c1sc(-c2ccc([N+](=O)[O-])cc2)c(C[N+](C)(C)[O-])c1C(=O)Nc1ccc(OC)nn1. The number of aromatic nitrogens is 2. The van der Waals surface area contributed by atoms with E-state index >= 15 is 0 Å². The number of anilines is 2. The van der Waals surface area contributed by atoms with Crippen molar-refractivity contribution in [2.45, 2.75) is 20.0 Å². The minimum Gasteiger partial charge on any atom is -0.633 e. The molecule has 4 rings (SSSR count). The number of hydrogen-bond acceptors (Lipinski definition) is 10. The smallest absolute Gasteiger partial charge is 0.415 e. The number of ether oxygens (including phenoxy) is 2. The first-order valence-electron chi connectivity index (χ1n) is 13.3. The number of nitro benzene ring substituents is 1. The van der Waals surface area contributed by atoms with Crippen LogP contribution in [0.15, 0.2) is 54.6 Å². The molecule has 13 nitrogen and oxygen atoms in total. The van der Waals surface area contributed by atoms with Crippen molar-refractivity contribution < 1.29 is 37.4 Å². The van der Waals surface area contributed by atoms with Crippen LogP contribution in [-0.4, -0.2) is 59.6 Å². The predicted molar refractivity (Wildman–Crippen MR) is 162 cm³/mol. The number of amides is 2. The Morgan fingerprint density at radius 1 is 1.04 bits per heavy atom. The molecule has 0 unspecified atom stereocenters. The van der Waals surface area contributed by atoms with Crippen LogP contribution in [0.2, 0.25) is 0 Å². The van der Waals surface area contributed by atoms with Crippen molar-refractivity contribution in [3.8, 4) is 16.3 Å². The molecule has 1 N–H and O–H groups in total. The van der Waals surface area contributed by atoms with E-state index in [9.17, 15) is 33.7 Å². The van der Waals surface area contributed by atoms with E-state index in [0.717, 1.165) is 28.4 Å². The molecule has 0 saturated heterocycles. The van der Waals surface area contributed by atoms with Crippen molar-refractivity contribution in [3.63, 3.8) is 0 Å². The average molecular weight is 643 g/mol. The number of methoxy groups -OCH3 is 1. The molecule has 2 amide bonds. The molecule has 0 aliphatic rings. The number of hydroxylamine groups is 3. The van der Waals surface area contributed by atoms with Gasteiger partial charge in [-0.25, -0.2) is 13.6 Å². The van der Waals surface area contributed by atoms with Crippen molar-refractivity contribution in [2.75, 3.05) is 38.0 Å². The maximum atomic E-state index is 14.8. The maximum absolute atomic E-state index is 14.8. The lowest BCUT2D eigenvalue weighted by Crippen LogP contribution is -2.34.